The Bertz CT molecular complexity index is 650. The number of carbonyl (C=O) groups is 1. The van der Waals surface area contributed by atoms with Gasteiger partial charge in [-0.15, -0.1) is 0 Å². The number of amides is 1. The lowest BCUT2D eigenvalue weighted by Crippen LogP contribution is -2.24. The average molecular weight is 260 g/mol. The molecule has 5 heteroatoms. The van der Waals surface area contributed by atoms with E-state index in [9.17, 15) is 9.59 Å². The van der Waals surface area contributed by atoms with Crippen LogP contribution in [0.2, 0.25) is 0 Å². The predicted molar refractivity (Wildman–Crippen MR) is 72.0 cm³/mol. The molecule has 1 aliphatic rings. The number of hydrogen-bond acceptors (Lipinski definition) is 3. The minimum absolute atomic E-state index is 0.0363. The molecule has 0 aliphatic heterocycles. The summed E-state index contributed by atoms with van der Waals surface area (Å²) in [6.07, 6.45) is 5.34. The van der Waals surface area contributed by atoms with Crippen molar-refractivity contribution < 1.29 is 9.21 Å². The van der Waals surface area contributed by atoms with Crippen LogP contribution in [0.15, 0.2) is 27.4 Å². The maximum Gasteiger partial charge on any atom is 0.417 e. The summed E-state index contributed by atoms with van der Waals surface area (Å²) < 4.78 is 4.97. The van der Waals surface area contributed by atoms with Gasteiger partial charge in [-0.2, -0.15) is 0 Å². The van der Waals surface area contributed by atoms with Gasteiger partial charge in [-0.1, -0.05) is 25.3 Å². The number of nitrogens with one attached hydrogen (secondary N) is 2. The fourth-order valence-corrected chi connectivity index (χ4v) is 2.68. The maximum absolute atomic E-state index is 12.2. The second-order valence-corrected chi connectivity index (χ2v) is 5.02. The minimum atomic E-state index is -0.505. The van der Waals surface area contributed by atoms with Crippen LogP contribution in [0, 0.1) is 5.92 Å². The van der Waals surface area contributed by atoms with E-state index in [1.54, 1.807) is 18.2 Å². The van der Waals surface area contributed by atoms with Crippen LogP contribution in [-0.2, 0) is 4.79 Å². The van der Waals surface area contributed by atoms with Crippen molar-refractivity contribution in [2.24, 2.45) is 5.92 Å². The number of oxazole rings is 1. The van der Waals surface area contributed by atoms with E-state index in [1.165, 1.54) is 6.42 Å². The summed E-state index contributed by atoms with van der Waals surface area (Å²) in [6, 6.07) is 5.23. The van der Waals surface area contributed by atoms with Crippen LogP contribution in [-0.4, -0.2) is 10.9 Å². The molecule has 1 aromatic heterocycles. The van der Waals surface area contributed by atoms with E-state index in [4.69, 9.17) is 4.42 Å². The molecule has 1 fully saturated rings. The lowest BCUT2D eigenvalue weighted by Gasteiger charge is -2.20. The van der Waals surface area contributed by atoms with E-state index in [0.29, 0.717) is 16.8 Å². The molecule has 1 aromatic carbocycles. The monoisotopic (exact) mass is 260 g/mol. The van der Waals surface area contributed by atoms with Gasteiger partial charge in [0.2, 0.25) is 5.91 Å². The third-order valence-corrected chi connectivity index (χ3v) is 3.69. The number of aromatic amines is 1. The molecule has 2 N–H and O–H groups in total. The summed E-state index contributed by atoms with van der Waals surface area (Å²) in [5.41, 5.74) is 1.63. The van der Waals surface area contributed by atoms with Crippen LogP contribution < -0.4 is 11.1 Å². The zero-order valence-electron chi connectivity index (χ0n) is 10.6. The number of anilines is 1. The van der Waals surface area contributed by atoms with Crippen molar-refractivity contribution in [1.29, 1.82) is 0 Å². The molecule has 100 valence electrons. The first kappa shape index (κ1) is 12.0. The molecular formula is C14H16N2O3. The van der Waals surface area contributed by atoms with Gasteiger partial charge in [0.15, 0.2) is 5.58 Å². The number of para-hydroxylation sites is 1. The molecule has 0 unspecified atom stereocenters. The molecule has 19 heavy (non-hydrogen) atoms. The van der Waals surface area contributed by atoms with Crippen molar-refractivity contribution in [1.82, 2.24) is 4.98 Å². The highest BCUT2D eigenvalue weighted by Crippen LogP contribution is 2.26. The highest BCUT2D eigenvalue weighted by atomic mass is 16.4. The molecule has 1 amide bonds. The van der Waals surface area contributed by atoms with Crippen LogP contribution in [0.3, 0.4) is 0 Å². The van der Waals surface area contributed by atoms with Crippen molar-refractivity contribution in [2.75, 3.05) is 5.32 Å². The summed E-state index contributed by atoms with van der Waals surface area (Å²) in [7, 11) is 0. The van der Waals surface area contributed by atoms with Crippen LogP contribution in [0.1, 0.15) is 32.1 Å². The molecule has 5 nitrogen and oxygen atoms in total. The number of benzene rings is 1. The van der Waals surface area contributed by atoms with Gasteiger partial charge in [0.25, 0.3) is 0 Å². The summed E-state index contributed by atoms with van der Waals surface area (Å²) in [5, 5.41) is 2.90. The first-order valence-electron chi connectivity index (χ1n) is 6.67. The van der Waals surface area contributed by atoms with Crippen LogP contribution in [0.4, 0.5) is 5.69 Å². The van der Waals surface area contributed by atoms with Crippen molar-refractivity contribution in [3.8, 4) is 0 Å². The van der Waals surface area contributed by atoms with E-state index in [1.807, 2.05) is 0 Å². The minimum Gasteiger partial charge on any atom is -0.408 e. The van der Waals surface area contributed by atoms with Gasteiger partial charge in [-0.3, -0.25) is 9.78 Å². The number of carbonyl (C=O) groups excluding carboxylic acids is 1. The van der Waals surface area contributed by atoms with E-state index < -0.39 is 5.76 Å². The second-order valence-electron chi connectivity index (χ2n) is 5.02. The Balaban J connectivity index is 1.84. The summed E-state index contributed by atoms with van der Waals surface area (Å²) in [6.45, 7) is 0. The maximum atomic E-state index is 12.2. The standard InChI is InChI=1S/C14H16N2O3/c17-13(9-5-2-1-3-6-9)15-10-7-4-8-11-12(10)16-14(18)19-11/h4,7-9H,1-3,5-6H2,(H,15,17)(H,16,18). The van der Waals surface area contributed by atoms with Crippen LogP contribution >= 0.6 is 0 Å². The van der Waals surface area contributed by atoms with Gasteiger partial charge < -0.3 is 9.73 Å². The highest BCUT2D eigenvalue weighted by molar-refractivity contribution is 5.99. The van der Waals surface area contributed by atoms with Crippen molar-refractivity contribution in [3.05, 3.63) is 28.7 Å². The smallest absolute Gasteiger partial charge is 0.408 e. The van der Waals surface area contributed by atoms with E-state index in [2.05, 4.69) is 10.3 Å². The number of hydrogen-bond donors (Lipinski definition) is 2. The van der Waals surface area contributed by atoms with E-state index >= 15 is 0 Å². The van der Waals surface area contributed by atoms with Gasteiger partial charge in [0.05, 0.1) is 5.69 Å². The lowest BCUT2D eigenvalue weighted by molar-refractivity contribution is -0.120. The Morgan fingerprint density at radius 1 is 1.26 bits per heavy atom. The zero-order chi connectivity index (χ0) is 13.2. The average Bonchev–Trinajstić information content (AvgIpc) is 2.81. The molecule has 0 bridgehead atoms. The van der Waals surface area contributed by atoms with Crippen LogP contribution in [0.25, 0.3) is 11.1 Å². The SMILES string of the molecule is O=C(Nc1cccc2oc(=O)[nH]c12)C1CCCCC1. The van der Waals surface area contributed by atoms with Gasteiger partial charge in [-0.25, -0.2) is 4.79 Å². The predicted octanol–water partition coefficient (Wildman–Crippen LogP) is 2.64. The molecular weight excluding hydrogens is 244 g/mol. The number of fused-ring (bicyclic) bond motifs is 1. The molecule has 1 heterocycles. The van der Waals surface area contributed by atoms with Gasteiger partial charge in [0.1, 0.15) is 5.52 Å². The largest absolute Gasteiger partial charge is 0.417 e. The molecule has 1 aliphatic carbocycles. The zero-order valence-corrected chi connectivity index (χ0v) is 10.6. The van der Waals surface area contributed by atoms with Gasteiger partial charge in [-0.05, 0) is 25.0 Å². The second kappa shape index (κ2) is 4.91. The topological polar surface area (TPSA) is 75.1 Å². The molecule has 0 radical (unpaired) electrons. The summed E-state index contributed by atoms with van der Waals surface area (Å²) in [5.74, 6) is -0.383. The molecule has 1 saturated carbocycles. The highest BCUT2D eigenvalue weighted by Gasteiger charge is 2.21. The number of rotatable bonds is 2. The van der Waals surface area contributed by atoms with E-state index in [-0.39, 0.29) is 11.8 Å². The Hall–Kier alpha value is -2.04. The Morgan fingerprint density at radius 2 is 2.05 bits per heavy atom. The van der Waals surface area contributed by atoms with Crippen LogP contribution in [0.5, 0.6) is 0 Å². The molecule has 0 spiro atoms. The van der Waals surface area contributed by atoms with Gasteiger partial charge in [0, 0.05) is 5.92 Å². The number of H-pyrrole nitrogens is 1. The van der Waals surface area contributed by atoms with Crippen molar-refractivity contribution in [3.63, 3.8) is 0 Å². The fourth-order valence-electron chi connectivity index (χ4n) is 2.68. The number of aromatic nitrogens is 1. The van der Waals surface area contributed by atoms with Crippen molar-refractivity contribution >= 4 is 22.7 Å². The Morgan fingerprint density at radius 3 is 2.84 bits per heavy atom. The normalized spacial score (nSPS) is 16.6. The molecule has 0 saturated heterocycles. The Kier molecular flexibility index (Phi) is 3.11. The molecule has 3 rings (SSSR count). The van der Waals surface area contributed by atoms with Gasteiger partial charge >= 0.3 is 5.76 Å². The summed E-state index contributed by atoms with van der Waals surface area (Å²) in [4.78, 5) is 26.0. The quantitative estimate of drug-likeness (QED) is 0.871. The van der Waals surface area contributed by atoms with Crippen molar-refractivity contribution in [2.45, 2.75) is 32.1 Å². The first-order chi connectivity index (χ1) is 9.24. The first-order valence-corrected chi connectivity index (χ1v) is 6.67. The third-order valence-electron chi connectivity index (χ3n) is 3.69. The third kappa shape index (κ3) is 2.41. The molecule has 0 atom stereocenters. The fraction of sp³-hybridized carbons (Fsp3) is 0.429. The van der Waals surface area contributed by atoms with E-state index in [0.717, 1.165) is 25.7 Å². The Labute approximate surface area is 110 Å². The molecule has 2 aromatic rings. The summed E-state index contributed by atoms with van der Waals surface area (Å²) >= 11 is 0. The lowest BCUT2D eigenvalue weighted by atomic mass is 9.88.